The van der Waals surface area contributed by atoms with Gasteiger partial charge in [-0.3, -0.25) is 4.99 Å². The van der Waals surface area contributed by atoms with Crippen LogP contribution in [0.4, 0.5) is 0 Å². The summed E-state index contributed by atoms with van der Waals surface area (Å²) < 4.78 is 0. The zero-order valence-corrected chi connectivity index (χ0v) is 11.7. The van der Waals surface area contributed by atoms with Crippen LogP contribution in [0.5, 0.6) is 0 Å². The van der Waals surface area contributed by atoms with E-state index >= 15 is 0 Å². The van der Waals surface area contributed by atoms with E-state index in [1.165, 1.54) is 18.4 Å². The highest BCUT2D eigenvalue weighted by Crippen LogP contribution is 2.29. The Morgan fingerprint density at radius 1 is 1.33 bits per heavy atom. The standard InChI is InChI=1S/C13H19N3.C2H6/c1-10(11-5-3-2-4-6-11)9-15-13(16-14)12-7-8-12;1-2/h2-6,10,12H,7-9,14H2,1H3,(H,15,16);1-2H3/t10-;/m1./s1. The number of hydrazine groups is 1. The van der Waals surface area contributed by atoms with E-state index in [1.807, 2.05) is 19.9 Å². The van der Waals surface area contributed by atoms with E-state index in [4.69, 9.17) is 5.84 Å². The minimum atomic E-state index is 0.447. The highest BCUT2D eigenvalue weighted by molar-refractivity contribution is 5.86. The van der Waals surface area contributed by atoms with Gasteiger partial charge in [0.25, 0.3) is 0 Å². The Morgan fingerprint density at radius 3 is 2.44 bits per heavy atom. The molecule has 1 aliphatic rings. The molecule has 18 heavy (non-hydrogen) atoms. The Kier molecular flexibility index (Phi) is 6.44. The number of aliphatic imine (C=N–C) groups is 1. The summed E-state index contributed by atoms with van der Waals surface area (Å²) in [4.78, 5) is 4.56. The van der Waals surface area contributed by atoms with Crippen LogP contribution in [0.2, 0.25) is 0 Å². The lowest BCUT2D eigenvalue weighted by molar-refractivity contribution is 0.762. The first kappa shape index (κ1) is 14.7. The lowest BCUT2D eigenvalue weighted by atomic mass is 10.0. The molecule has 3 nitrogen and oxygen atoms in total. The number of nitrogens with one attached hydrogen (secondary N) is 1. The Hall–Kier alpha value is -1.35. The van der Waals surface area contributed by atoms with Gasteiger partial charge in [-0.1, -0.05) is 51.1 Å². The summed E-state index contributed by atoms with van der Waals surface area (Å²) in [7, 11) is 0. The molecule has 2 rings (SSSR count). The molecule has 0 spiro atoms. The Bertz CT molecular complexity index is 355. The van der Waals surface area contributed by atoms with Gasteiger partial charge in [-0.25, -0.2) is 5.84 Å². The van der Waals surface area contributed by atoms with Crippen LogP contribution in [0, 0.1) is 5.92 Å². The summed E-state index contributed by atoms with van der Waals surface area (Å²) in [5, 5.41) is 0. The van der Waals surface area contributed by atoms with Gasteiger partial charge in [0.2, 0.25) is 0 Å². The number of nitrogens with two attached hydrogens (primary N) is 1. The van der Waals surface area contributed by atoms with Gasteiger partial charge in [-0.2, -0.15) is 0 Å². The second kappa shape index (κ2) is 7.88. The van der Waals surface area contributed by atoms with Crippen LogP contribution < -0.4 is 11.3 Å². The summed E-state index contributed by atoms with van der Waals surface area (Å²) >= 11 is 0. The summed E-state index contributed by atoms with van der Waals surface area (Å²) in [6, 6.07) is 10.5. The van der Waals surface area contributed by atoms with E-state index in [-0.39, 0.29) is 0 Å². The molecule has 3 heteroatoms. The molecule has 0 bridgehead atoms. The lowest BCUT2D eigenvalue weighted by Gasteiger charge is -2.10. The fraction of sp³-hybridized carbons (Fsp3) is 0.533. The van der Waals surface area contributed by atoms with Gasteiger partial charge in [0, 0.05) is 18.4 Å². The summed E-state index contributed by atoms with van der Waals surface area (Å²) in [5.41, 5.74) is 4.05. The van der Waals surface area contributed by atoms with E-state index in [0.29, 0.717) is 11.8 Å². The zero-order chi connectivity index (χ0) is 13.4. The zero-order valence-electron chi connectivity index (χ0n) is 11.7. The highest BCUT2D eigenvalue weighted by Gasteiger charge is 2.26. The van der Waals surface area contributed by atoms with Crippen LogP contribution in [0.1, 0.15) is 45.1 Å². The van der Waals surface area contributed by atoms with Crippen molar-refractivity contribution in [2.45, 2.75) is 39.5 Å². The first-order valence-electron chi connectivity index (χ1n) is 6.87. The van der Waals surface area contributed by atoms with Crippen LogP contribution in [-0.2, 0) is 0 Å². The van der Waals surface area contributed by atoms with Gasteiger partial charge in [0.05, 0.1) is 0 Å². The molecule has 1 aromatic carbocycles. The van der Waals surface area contributed by atoms with Crippen molar-refractivity contribution in [3.63, 3.8) is 0 Å². The van der Waals surface area contributed by atoms with Crippen molar-refractivity contribution in [2.75, 3.05) is 6.54 Å². The van der Waals surface area contributed by atoms with E-state index < -0.39 is 0 Å². The second-order valence-electron chi connectivity index (χ2n) is 4.46. The Morgan fingerprint density at radius 2 is 1.94 bits per heavy atom. The fourth-order valence-electron chi connectivity index (χ4n) is 1.77. The van der Waals surface area contributed by atoms with Crippen LogP contribution in [0.25, 0.3) is 0 Å². The predicted octanol–water partition coefficient (Wildman–Crippen LogP) is 3.09. The summed E-state index contributed by atoms with van der Waals surface area (Å²) in [6.45, 7) is 7.00. The van der Waals surface area contributed by atoms with Gasteiger partial charge >= 0.3 is 0 Å². The third-order valence-electron chi connectivity index (χ3n) is 3.02. The van der Waals surface area contributed by atoms with E-state index in [1.54, 1.807) is 0 Å². The molecule has 0 unspecified atom stereocenters. The van der Waals surface area contributed by atoms with E-state index in [2.05, 4.69) is 41.6 Å². The van der Waals surface area contributed by atoms with Gasteiger partial charge in [0.1, 0.15) is 5.84 Å². The molecule has 1 atom stereocenters. The number of amidine groups is 1. The van der Waals surface area contributed by atoms with Crippen molar-refractivity contribution in [2.24, 2.45) is 16.8 Å². The molecule has 0 heterocycles. The number of hydrogen-bond acceptors (Lipinski definition) is 2. The fourth-order valence-corrected chi connectivity index (χ4v) is 1.77. The van der Waals surface area contributed by atoms with Crippen molar-refractivity contribution in [1.29, 1.82) is 0 Å². The Labute approximate surface area is 110 Å². The monoisotopic (exact) mass is 247 g/mol. The molecule has 1 fully saturated rings. The molecule has 3 N–H and O–H groups in total. The lowest BCUT2D eigenvalue weighted by Crippen LogP contribution is -2.32. The smallest absolute Gasteiger partial charge is 0.113 e. The minimum absolute atomic E-state index is 0.447. The van der Waals surface area contributed by atoms with Gasteiger partial charge in [-0.15, -0.1) is 0 Å². The van der Waals surface area contributed by atoms with Gasteiger partial charge < -0.3 is 5.43 Å². The molecule has 0 amide bonds. The molecule has 100 valence electrons. The van der Waals surface area contributed by atoms with Crippen LogP contribution in [0.15, 0.2) is 35.3 Å². The maximum atomic E-state index is 5.46. The first-order chi connectivity index (χ1) is 8.81. The van der Waals surface area contributed by atoms with Crippen LogP contribution in [-0.4, -0.2) is 12.4 Å². The number of nitrogens with zero attached hydrogens (tertiary/aromatic N) is 1. The molecule has 0 aromatic heterocycles. The number of benzene rings is 1. The molecule has 1 saturated carbocycles. The average Bonchev–Trinajstić information content (AvgIpc) is 3.27. The molecular weight excluding hydrogens is 222 g/mol. The molecular formula is C15H25N3. The van der Waals surface area contributed by atoms with Crippen molar-refractivity contribution in [3.8, 4) is 0 Å². The maximum absolute atomic E-state index is 5.46. The average molecular weight is 247 g/mol. The topological polar surface area (TPSA) is 50.4 Å². The van der Waals surface area contributed by atoms with Crippen molar-refractivity contribution in [1.82, 2.24) is 5.43 Å². The third-order valence-corrected chi connectivity index (χ3v) is 3.02. The molecule has 1 aliphatic carbocycles. The van der Waals surface area contributed by atoms with Crippen molar-refractivity contribution < 1.29 is 0 Å². The quantitative estimate of drug-likeness (QED) is 0.372. The largest absolute Gasteiger partial charge is 0.312 e. The molecule has 0 radical (unpaired) electrons. The van der Waals surface area contributed by atoms with E-state index in [9.17, 15) is 0 Å². The summed E-state index contributed by atoms with van der Waals surface area (Å²) in [5.74, 6) is 7.47. The van der Waals surface area contributed by atoms with E-state index in [0.717, 1.165) is 12.4 Å². The second-order valence-corrected chi connectivity index (χ2v) is 4.46. The SMILES string of the molecule is CC.C[C@H](CN=C(NN)C1CC1)c1ccccc1. The molecule has 0 aliphatic heterocycles. The normalized spacial score (nSPS) is 16.6. The Balaban J connectivity index is 0.000000771. The molecule has 1 aromatic rings. The van der Waals surface area contributed by atoms with Crippen LogP contribution >= 0.6 is 0 Å². The maximum Gasteiger partial charge on any atom is 0.113 e. The molecule has 0 saturated heterocycles. The van der Waals surface area contributed by atoms with Gasteiger partial charge in [0.15, 0.2) is 0 Å². The van der Waals surface area contributed by atoms with Crippen molar-refractivity contribution >= 4 is 5.84 Å². The van der Waals surface area contributed by atoms with Crippen molar-refractivity contribution in [3.05, 3.63) is 35.9 Å². The summed E-state index contributed by atoms with van der Waals surface area (Å²) in [6.07, 6.45) is 2.45. The van der Waals surface area contributed by atoms with Gasteiger partial charge in [-0.05, 0) is 18.4 Å². The first-order valence-corrected chi connectivity index (χ1v) is 6.87. The van der Waals surface area contributed by atoms with Crippen LogP contribution in [0.3, 0.4) is 0 Å². The number of hydrogen-bond donors (Lipinski definition) is 2. The minimum Gasteiger partial charge on any atom is -0.312 e. The highest BCUT2D eigenvalue weighted by atomic mass is 15.3. The third kappa shape index (κ3) is 4.49. The predicted molar refractivity (Wildman–Crippen MR) is 78.6 cm³/mol. The number of rotatable bonds is 4.